The van der Waals surface area contributed by atoms with Gasteiger partial charge < -0.3 is 9.64 Å². The fraction of sp³-hybridized carbons (Fsp3) is 0.364. The first-order valence-electron chi connectivity index (χ1n) is 4.81. The summed E-state index contributed by atoms with van der Waals surface area (Å²) in [4.78, 5) is 13.3. The number of carbonyl (C=O) groups is 1. The molecule has 88 valence electrons. The minimum Gasteiger partial charge on any atom is -0.495 e. The lowest BCUT2D eigenvalue weighted by Crippen LogP contribution is -2.26. The number of anilines is 1. The van der Waals surface area contributed by atoms with E-state index in [1.54, 1.807) is 19.1 Å². The second-order valence-corrected chi connectivity index (χ2v) is 4.61. The van der Waals surface area contributed by atoms with Gasteiger partial charge in [-0.15, -0.1) is 0 Å². The third-order valence-corrected chi connectivity index (χ3v) is 2.92. The summed E-state index contributed by atoms with van der Waals surface area (Å²) >= 11 is 7.42. The number of nitrogens with zero attached hydrogens (tertiary/aromatic N) is 1. The molecule has 0 aliphatic rings. The smallest absolute Gasteiger partial charge is 0.227 e. The van der Waals surface area contributed by atoms with E-state index in [1.165, 1.54) is 0 Å². The van der Waals surface area contributed by atoms with E-state index in [9.17, 15) is 4.79 Å². The minimum absolute atomic E-state index is 0.0198. The molecule has 0 aliphatic heterocycles. The van der Waals surface area contributed by atoms with Crippen molar-refractivity contribution >= 4 is 40.2 Å². The molecule has 1 rings (SSSR count). The molecule has 0 N–H and O–H groups in total. The number of methoxy groups -OCH3 is 1. The largest absolute Gasteiger partial charge is 0.495 e. The van der Waals surface area contributed by atoms with Gasteiger partial charge in [-0.05, 0) is 24.0 Å². The van der Waals surface area contributed by atoms with Gasteiger partial charge in [-0.3, -0.25) is 4.79 Å². The topological polar surface area (TPSA) is 29.5 Å². The van der Waals surface area contributed by atoms with Gasteiger partial charge in [0.25, 0.3) is 0 Å². The molecular weight excluding hydrogens is 290 g/mol. The Hall–Kier alpha value is -0.680. The fourth-order valence-electron chi connectivity index (χ4n) is 1.32. The van der Waals surface area contributed by atoms with E-state index >= 15 is 0 Å². The number of rotatable bonds is 4. The number of carbonyl (C=O) groups excluding carboxylic acids is 1. The standard InChI is InChI=1S/C11H14BrNO2S/c1-13(11(14)5-6-16)9-7-8(12)3-4-10(9)15-2/h3-4,7,16H,5-6H2,1-2H3. The van der Waals surface area contributed by atoms with E-state index in [0.717, 1.165) is 10.2 Å². The van der Waals surface area contributed by atoms with Crippen LogP contribution < -0.4 is 9.64 Å². The Labute approximate surface area is 109 Å². The molecular formula is C11H14BrNO2S. The Morgan fingerprint density at radius 3 is 2.81 bits per heavy atom. The van der Waals surface area contributed by atoms with Crippen molar-refractivity contribution in [3.63, 3.8) is 0 Å². The Bertz CT molecular complexity index is 384. The maximum absolute atomic E-state index is 11.7. The molecule has 0 aliphatic carbocycles. The molecule has 0 aromatic heterocycles. The zero-order valence-corrected chi connectivity index (χ0v) is 11.7. The zero-order valence-electron chi connectivity index (χ0n) is 9.24. The molecule has 0 fully saturated rings. The first-order chi connectivity index (χ1) is 7.60. The summed E-state index contributed by atoms with van der Waals surface area (Å²) in [6.45, 7) is 0. The normalized spacial score (nSPS) is 10.0. The molecule has 0 saturated heterocycles. The number of hydrogen-bond acceptors (Lipinski definition) is 3. The van der Waals surface area contributed by atoms with E-state index in [0.29, 0.717) is 17.9 Å². The summed E-state index contributed by atoms with van der Waals surface area (Å²) in [6.07, 6.45) is 0.412. The lowest BCUT2D eigenvalue weighted by molar-refractivity contribution is -0.117. The Balaban J connectivity index is 3.01. The van der Waals surface area contributed by atoms with E-state index in [4.69, 9.17) is 4.74 Å². The van der Waals surface area contributed by atoms with Crippen molar-refractivity contribution in [2.45, 2.75) is 6.42 Å². The number of halogens is 1. The number of ether oxygens (including phenoxy) is 1. The Morgan fingerprint density at radius 1 is 1.56 bits per heavy atom. The van der Waals surface area contributed by atoms with Crippen LogP contribution in [0.2, 0.25) is 0 Å². The third-order valence-electron chi connectivity index (χ3n) is 2.20. The number of thiol groups is 1. The van der Waals surface area contributed by atoms with Crippen LogP contribution in [-0.4, -0.2) is 25.8 Å². The molecule has 1 aromatic rings. The van der Waals surface area contributed by atoms with Crippen molar-refractivity contribution in [2.24, 2.45) is 0 Å². The SMILES string of the molecule is COc1ccc(Br)cc1N(C)C(=O)CCS. The van der Waals surface area contributed by atoms with Gasteiger partial charge in [0.05, 0.1) is 12.8 Å². The second-order valence-electron chi connectivity index (χ2n) is 3.24. The number of hydrogen-bond donors (Lipinski definition) is 1. The molecule has 0 saturated carbocycles. The van der Waals surface area contributed by atoms with Gasteiger partial charge in [-0.1, -0.05) is 15.9 Å². The van der Waals surface area contributed by atoms with Gasteiger partial charge >= 0.3 is 0 Å². The highest BCUT2D eigenvalue weighted by Crippen LogP contribution is 2.30. The predicted octanol–water partition coefficient (Wildman–Crippen LogP) is 2.74. The highest BCUT2D eigenvalue weighted by atomic mass is 79.9. The van der Waals surface area contributed by atoms with Gasteiger partial charge in [-0.2, -0.15) is 12.6 Å². The molecule has 0 bridgehead atoms. The van der Waals surface area contributed by atoms with Gasteiger partial charge in [0.15, 0.2) is 0 Å². The molecule has 5 heteroatoms. The highest BCUT2D eigenvalue weighted by Gasteiger charge is 2.14. The molecule has 0 radical (unpaired) electrons. The lowest BCUT2D eigenvalue weighted by Gasteiger charge is -2.20. The van der Waals surface area contributed by atoms with Gasteiger partial charge in [0, 0.05) is 17.9 Å². The average molecular weight is 304 g/mol. The summed E-state index contributed by atoms with van der Waals surface area (Å²) in [5.74, 6) is 1.24. The van der Waals surface area contributed by atoms with Crippen LogP contribution in [0.4, 0.5) is 5.69 Å². The van der Waals surface area contributed by atoms with Crippen molar-refractivity contribution in [2.75, 3.05) is 24.8 Å². The Kier molecular flexibility index (Phi) is 5.15. The molecule has 16 heavy (non-hydrogen) atoms. The van der Waals surface area contributed by atoms with Crippen molar-refractivity contribution in [1.29, 1.82) is 0 Å². The summed E-state index contributed by atoms with van der Waals surface area (Å²) in [7, 11) is 3.32. The summed E-state index contributed by atoms with van der Waals surface area (Å²) < 4.78 is 6.13. The molecule has 3 nitrogen and oxygen atoms in total. The minimum atomic E-state index is 0.0198. The number of benzene rings is 1. The molecule has 0 unspecified atom stereocenters. The van der Waals surface area contributed by atoms with Crippen LogP contribution in [0.1, 0.15) is 6.42 Å². The second kappa shape index (κ2) is 6.15. The number of amides is 1. The highest BCUT2D eigenvalue weighted by molar-refractivity contribution is 9.10. The lowest BCUT2D eigenvalue weighted by atomic mass is 10.2. The van der Waals surface area contributed by atoms with Crippen molar-refractivity contribution in [1.82, 2.24) is 0 Å². The van der Waals surface area contributed by atoms with E-state index < -0.39 is 0 Å². The molecule has 1 aromatic carbocycles. The third kappa shape index (κ3) is 3.15. The van der Waals surface area contributed by atoms with E-state index in [-0.39, 0.29) is 5.91 Å². The van der Waals surface area contributed by atoms with Crippen LogP contribution in [0, 0.1) is 0 Å². The maximum atomic E-state index is 11.7. The van der Waals surface area contributed by atoms with Gasteiger partial charge in [0.1, 0.15) is 5.75 Å². The molecule has 1 amide bonds. The summed E-state index contributed by atoms with van der Waals surface area (Å²) in [5, 5.41) is 0. The van der Waals surface area contributed by atoms with Crippen LogP contribution in [0.15, 0.2) is 22.7 Å². The molecule has 0 heterocycles. The average Bonchev–Trinajstić information content (AvgIpc) is 2.28. The van der Waals surface area contributed by atoms with E-state index in [2.05, 4.69) is 28.6 Å². The van der Waals surface area contributed by atoms with Crippen molar-refractivity contribution in [3.8, 4) is 5.75 Å². The quantitative estimate of drug-likeness (QED) is 0.867. The maximum Gasteiger partial charge on any atom is 0.227 e. The summed E-state index contributed by atoms with van der Waals surface area (Å²) in [6, 6.07) is 5.55. The van der Waals surface area contributed by atoms with Gasteiger partial charge in [-0.25, -0.2) is 0 Å². The first-order valence-corrected chi connectivity index (χ1v) is 6.23. The summed E-state index contributed by atoms with van der Waals surface area (Å²) in [5.41, 5.74) is 0.753. The molecule has 0 atom stereocenters. The predicted molar refractivity (Wildman–Crippen MR) is 72.6 cm³/mol. The molecule has 0 spiro atoms. The van der Waals surface area contributed by atoms with Crippen LogP contribution >= 0.6 is 28.6 Å². The van der Waals surface area contributed by atoms with Crippen molar-refractivity contribution in [3.05, 3.63) is 22.7 Å². The van der Waals surface area contributed by atoms with E-state index in [1.807, 2.05) is 18.2 Å². The van der Waals surface area contributed by atoms with Crippen LogP contribution in [0.5, 0.6) is 5.75 Å². The Morgan fingerprint density at radius 2 is 2.25 bits per heavy atom. The van der Waals surface area contributed by atoms with Crippen LogP contribution in [-0.2, 0) is 4.79 Å². The fourth-order valence-corrected chi connectivity index (χ4v) is 1.86. The monoisotopic (exact) mass is 303 g/mol. The van der Waals surface area contributed by atoms with Gasteiger partial charge in [0.2, 0.25) is 5.91 Å². The van der Waals surface area contributed by atoms with Crippen LogP contribution in [0.3, 0.4) is 0 Å². The van der Waals surface area contributed by atoms with Crippen LogP contribution in [0.25, 0.3) is 0 Å². The first kappa shape index (κ1) is 13.4. The van der Waals surface area contributed by atoms with Crippen molar-refractivity contribution < 1.29 is 9.53 Å². The zero-order chi connectivity index (χ0) is 12.1.